The van der Waals surface area contributed by atoms with E-state index >= 15 is 0 Å². The molecule has 0 fully saturated rings. The molecule has 3 N–H and O–H groups in total. The van der Waals surface area contributed by atoms with E-state index in [9.17, 15) is 19.4 Å². The maximum Gasteiger partial charge on any atom is 0.472 e. The predicted octanol–water partition coefficient (Wildman–Crippen LogP) is 15.4. The number of phosphoric acid groups is 1. The first kappa shape index (κ1) is 62.9. The minimum atomic E-state index is -4.33. The van der Waals surface area contributed by atoms with Gasteiger partial charge < -0.3 is 19.8 Å². The van der Waals surface area contributed by atoms with Crippen molar-refractivity contribution >= 4 is 13.7 Å². The summed E-state index contributed by atoms with van der Waals surface area (Å²) < 4.78 is 23.6. The fourth-order valence-electron chi connectivity index (χ4n) is 6.66. The van der Waals surface area contributed by atoms with E-state index in [1.54, 1.807) is 0 Å². The third-order valence-corrected chi connectivity index (χ3v) is 11.7. The molecule has 0 aromatic carbocycles. The lowest BCUT2D eigenvalue weighted by Gasteiger charge is -2.26. The Balaban J connectivity index is 4.18. The van der Waals surface area contributed by atoms with Crippen molar-refractivity contribution in [1.82, 2.24) is 5.32 Å². The van der Waals surface area contributed by atoms with E-state index in [0.29, 0.717) is 23.9 Å². The summed E-state index contributed by atoms with van der Waals surface area (Å²) >= 11 is 0. The lowest BCUT2D eigenvalue weighted by atomic mass is 10.0. The number of rotatable bonds is 45. The van der Waals surface area contributed by atoms with Gasteiger partial charge in [-0.2, -0.15) is 0 Å². The van der Waals surface area contributed by atoms with Gasteiger partial charge in [0.15, 0.2) is 0 Å². The smallest absolute Gasteiger partial charge is 0.391 e. The average Bonchev–Trinajstić information content (AvgIpc) is 3.28. The van der Waals surface area contributed by atoms with Crippen molar-refractivity contribution in [3.63, 3.8) is 0 Å². The number of unbranched alkanes of at least 4 members (excludes halogenated alkanes) is 12. The van der Waals surface area contributed by atoms with Crippen molar-refractivity contribution in [1.29, 1.82) is 0 Å². The monoisotopic (exact) mass is 938 g/mol. The van der Waals surface area contributed by atoms with Gasteiger partial charge in [0.05, 0.1) is 39.9 Å². The number of quaternary nitrogens is 1. The number of nitrogens with one attached hydrogen (secondary N) is 1. The van der Waals surface area contributed by atoms with Gasteiger partial charge in [-0.05, 0) is 89.9 Å². The molecule has 0 saturated carbocycles. The van der Waals surface area contributed by atoms with Crippen molar-refractivity contribution in [3.05, 3.63) is 122 Å². The van der Waals surface area contributed by atoms with Crippen LogP contribution in [0, 0.1) is 0 Å². The molecule has 0 rings (SSSR count). The number of hydrogen-bond acceptors (Lipinski definition) is 5. The Morgan fingerprint density at radius 1 is 0.530 bits per heavy atom. The van der Waals surface area contributed by atoms with E-state index in [4.69, 9.17) is 9.05 Å². The molecule has 0 saturated heterocycles. The number of carbonyl (C=O) groups is 1. The molecule has 0 aromatic heterocycles. The van der Waals surface area contributed by atoms with Gasteiger partial charge >= 0.3 is 7.82 Å². The number of aliphatic hydroxyl groups is 1. The lowest BCUT2D eigenvalue weighted by Crippen LogP contribution is -2.46. The fourth-order valence-corrected chi connectivity index (χ4v) is 7.40. The van der Waals surface area contributed by atoms with Gasteiger partial charge in [0, 0.05) is 6.42 Å². The molecule has 66 heavy (non-hydrogen) atoms. The molecule has 376 valence electrons. The van der Waals surface area contributed by atoms with Crippen LogP contribution in [0.4, 0.5) is 0 Å². The van der Waals surface area contributed by atoms with Crippen LogP contribution in [0.15, 0.2) is 122 Å². The number of hydrogen-bond donors (Lipinski definition) is 3. The highest BCUT2D eigenvalue weighted by Gasteiger charge is 2.28. The van der Waals surface area contributed by atoms with E-state index in [0.717, 1.165) is 116 Å². The standard InChI is InChI=1S/C57H97N2O6P/c1-6-8-10-12-14-16-17-18-19-20-21-22-23-24-25-26-27-28-29-30-31-32-33-34-35-36-37-38-39-40-41-43-45-47-49-51-57(61)58-55(54-65-66(62,63)64-53-52-59(3,4)5)56(60)50-48-46-44-42-15-13-11-9-7-2/h8,10,14,16,18-19,21-22,24-25,27-28,30-31,33-34,36-37,39-40,55-56,60H,6-7,9,11-13,15,17,20,23,26,29,32,35,38,41-54H2,1-5H3,(H-,58,61,62,63)/p+1/b10-8-,16-14-,19-18-,22-21-,25-24-,28-27-,31-30-,34-33-,37-36-,40-39-. The molecule has 0 aliphatic carbocycles. The third-order valence-electron chi connectivity index (χ3n) is 10.7. The van der Waals surface area contributed by atoms with Crippen LogP contribution in [0.3, 0.4) is 0 Å². The minimum absolute atomic E-state index is 0.0622. The van der Waals surface area contributed by atoms with Crippen molar-refractivity contribution < 1.29 is 32.9 Å². The van der Waals surface area contributed by atoms with Crippen LogP contribution in [0.5, 0.6) is 0 Å². The van der Waals surface area contributed by atoms with Gasteiger partial charge in [-0.1, -0.05) is 206 Å². The zero-order chi connectivity index (χ0) is 48.5. The second-order valence-corrected chi connectivity index (χ2v) is 19.6. The molecular weight excluding hydrogens is 840 g/mol. The first-order valence-electron chi connectivity index (χ1n) is 25.9. The van der Waals surface area contributed by atoms with E-state index in [1.807, 2.05) is 21.1 Å². The second-order valence-electron chi connectivity index (χ2n) is 18.2. The number of aliphatic hydroxyl groups excluding tert-OH is 1. The maximum atomic E-state index is 12.9. The predicted molar refractivity (Wildman–Crippen MR) is 285 cm³/mol. The highest BCUT2D eigenvalue weighted by molar-refractivity contribution is 7.47. The first-order valence-corrected chi connectivity index (χ1v) is 27.4. The number of nitrogens with zero attached hydrogens (tertiary/aromatic N) is 1. The van der Waals surface area contributed by atoms with E-state index in [-0.39, 0.29) is 19.1 Å². The molecule has 0 spiro atoms. The molecule has 0 aliphatic rings. The van der Waals surface area contributed by atoms with Gasteiger partial charge in [0.2, 0.25) is 5.91 Å². The van der Waals surface area contributed by atoms with Crippen molar-refractivity contribution in [2.45, 2.75) is 193 Å². The van der Waals surface area contributed by atoms with Gasteiger partial charge in [-0.3, -0.25) is 13.8 Å². The Morgan fingerprint density at radius 3 is 1.33 bits per heavy atom. The summed E-state index contributed by atoms with van der Waals surface area (Å²) in [6.45, 7) is 4.70. The molecule has 0 aliphatic heterocycles. The van der Waals surface area contributed by atoms with Crippen LogP contribution in [0.1, 0.15) is 181 Å². The minimum Gasteiger partial charge on any atom is -0.391 e. The number of phosphoric ester groups is 1. The summed E-state index contributed by atoms with van der Waals surface area (Å²) in [6.07, 6.45) is 69.7. The quantitative estimate of drug-likeness (QED) is 0.0243. The molecule has 3 atom stereocenters. The van der Waals surface area contributed by atoms with Crippen molar-refractivity contribution in [2.24, 2.45) is 0 Å². The van der Waals surface area contributed by atoms with Crippen LogP contribution in [-0.2, 0) is 18.4 Å². The summed E-state index contributed by atoms with van der Waals surface area (Å²) in [5.74, 6) is -0.178. The number of carbonyl (C=O) groups excluding carboxylic acids is 1. The Bertz CT molecular complexity index is 1480. The highest BCUT2D eigenvalue weighted by Crippen LogP contribution is 2.43. The summed E-state index contributed by atoms with van der Waals surface area (Å²) in [5, 5.41) is 13.9. The first-order chi connectivity index (χ1) is 32.0. The van der Waals surface area contributed by atoms with Gasteiger partial charge in [0.25, 0.3) is 0 Å². The van der Waals surface area contributed by atoms with Crippen LogP contribution in [0.25, 0.3) is 0 Å². The van der Waals surface area contributed by atoms with Crippen LogP contribution in [0.2, 0.25) is 0 Å². The van der Waals surface area contributed by atoms with E-state index < -0.39 is 20.0 Å². The van der Waals surface area contributed by atoms with Crippen molar-refractivity contribution in [2.75, 3.05) is 40.9 Å². The Morgan fingerprint density at radius 2 is 0.909 bits per heavy atom. The molecule has 8 nitrogen and oxygen atoms in total. The summed E-state index contributed by atoms with van der Waals surface area (Å²) in [4.78, 5) is 23.1. The van der Waals surface area contributed by atoms with E-state index in [2.05, 4.69) is 141 Å². The lowest BCUT2D eigenvalue weighted by molar-refractivity contribution is -0.870. The molecule has 0 radical (unpaired) electrons. The summed E-state index contributed by atoms with van der Waals surface area (Å²) in [5.41, 5.74) is 0. The molecule has 0 aromatic rings. The Hall–Kier alpha value is -3.10. The largest absolute Gasteiger partial charge is 0.472 e. The molecular formula is C57H98N2O6P+. The fraction of sp³-hybridized carbons (Fsp3) is 0.632. The van der Waals surface area contributed by atoms with Crippen LogP contribution in [-0.4, -0.2) is 73.4 Å². The number of amides is 1. The Kier molecular flexibility index (Phi) is 44.8. The Labute approximate surface area is 405 Å². The van der Waals surface area contributed by atoms with Gasteiger partial charge in [-0.15, -0.1) is 0 Å². The molecule has 0 heterocycles. The van der Waals surface area contributed by atoms with Crippen LogP contribution >= 0.6 is 7.82 Å². The van der Waals surface area contributed by atoms with Crippen molar-refractivity contribution in [3.8, 4) is 0 Å². The SMILES string of the molecule is CC/C=C\C/C=C\C/C=C\C/C=C\C/C=C\C/C=C\C/C=C\C/C=C\C/C=C\C/C=C\CCCCCCC(=O)NC(COP(=O)(O)OCC[N+](C)(C)C)C(O)CCCCCCCCCCC. The average molecular weight is 938 g/mol. The number of allylic oxidation sites excluding steroid dienone is 20. The summed E-state index contributed by atoms with van der Waals surface area (Å²) in [6, 6.07) is -0.781. The third kappa shape index (κ3) is 48.8. The topological polar surface area (TPSA) is 105 Å². The van der Waals surface area contributed by atoms with Gasteiger partial charge in [0.1, 0.15) is 13.2 Å². The normalized spacial score (nSPS) is 15.1. The second kappa shape index (κ2) is 47.0. The molecule has 1 amide bonds. The zero-order valence-electron chi connectivity index (χ0n) is 42.6. The molecule has 3 unspecified atom stereocenters. The number of likely N-dealkylation sites (N-methyl/N-ethyl adjacent to an activating group) is 1. The molecule has 9 heteroatoms. The molecule has 0 bridgehead atoms. The van der Waals surface area contributed by atoms with Gasteiger partial charge in [-0.25, -0.2) is 4.57 Å². The zero-order valence-corrected chi connectivity index (χ0v) is 43.5. The van der Waals surface area contributed by atoms with Crippen LogP contribution < -0.4 is 5.32 Å². The maximum absolute atomic E-state index is 12.9. The van der Waals surface area contributed by atoms with E-state index in [1.165, 1.54) is 38.5 Å². The summed E-state index contributed by atoms with van der Waals surface area (Å²) in [7, 11) is 1.57. The highest BCUT2D eigenvalue weighted by atomic mass is 31.2.